The topological polar surface area (TPSA) is 69.6 Å². The monoisotopic (exact) mass is 254 g/mol. The molecule has 0 bridgehead atoms. The number of carboxylic acid groups (broad SMARTS) is 1. The van der Waals surface area contributed by atoms with Crippen LogP contribution >= 0.6 is 0 Å². The summed E-state index contributed by atoms with van der Waals surface area (Å²) in [6.45, 7) is 3.41. The molecule has 0 radical (unpaired) electrons. The molecule has 2 fully saturated rings. The lowest BCUT2D eigenvalue weighted by Gasteiger charge is -2.34. The van der Waals surface area contributed by atoms with Crippen LogP contribution in [0.4, 0.5) is 0 Å². The van der Waals surface area contributed by atoms with Crippen molar-refractivity contribution in [2.45, 2.75) is 57.0 Å². The van der Waals surface area contributed by atoms with Crippen LogP contribution in [0, 0.1) is 0 Å². The van der Waals surface area contributed by atoms with E-state index in [1.165, 1.54) is 0 Å². The maximum Gasteiger partial charge on any atom is 0.329 e. The molecule has 2 N–H and O–H groups in total. The quantitative estimate of drug-likeness (QED) is 0.785. The van der Waals surface area contributed by atoms with Crippen LogP contribution < -0.4 is 5.32 Å². The Balaban J connectivity index is 2.05. The summed E-state index contributed by atoms with van der Waals surface area (Å²) in [7, 11) is 0. The zero-order chi connectivity index (χ0) is 13.2. The largest absolute Gasteiger partial charge is 0.479 e. The maximum atomic E-state index is 12.3. The van der Waals surface area contributed by atoms with E-state index in [1.807, 2.05) is 6.92 Å². The first-order chi connectivity index (χ1) is 8.60. The van der Waals surface area contributed by atoms with Crippen molar-refractivity contribution in [1.82, 2.24) is 10.2 Å². The molecule has 2 atom stereocenters. The summed E-state index contributed by atoms with van der Waals surface area (Å²) in [4.78, 5) is 25.4. The van der Waals surface area contributed by atoms with Crippen LogP contribution in [-0.2, 0) is 9.59 Å². The van der Waals surface area contributed by atoms with Crippen molar-refractivity contribution in [1.29, 1.82) is 0 Å². The Morgan fingerprint density at radius 2 is 2.22 bits per heavy atom. The second-order valence-electron chi connectivity index (χ2n) is 5.34. The Hall–Kier alpha value is -1.10. The third-order valence-corrected chi connectivity index (χ3v) is 4.36. The molecule has 2 aliphatic heterocycles. The lowest BCUT2D eigenvalue weighted by atomic mass is 9.92. The fourth-order valence-electron chi connectivity index (χ4n) is 3.24. The Bertz CT molecular complexity index is 339. The Labute approximate surface area is 108 Å². The van der Waals surface area contributed by atoms with Gasteiger partial charge in [0.2, 0.25) is 5.91 Å². The predicted octanol–water partition coefficient (Wildman–Crippen LogP) is 0.984. The third kappa shape index (κ3) is 2.23. The van der Waals surface area contributed by atoms with Gasteiger partial charge in [-0.25, -0.2) is 4.79 Å². The van der Waals surface area contributed by atoms with E-state index in [1.54, 1.807) is 4.90 Å². The van der Waals surface area contributed by atoms with Gasteiger partial charge in [0, 0.05) is 19.0 Å². The molecule has 0 aromatic carbocycles. The number of aliphatic carboxylic acids is 1. The molecular weight excluding hydrogens is 232 g/mol. The summed E-state index contributed by atoms with van der Waals surface area (Å²) in [5.74, 6) is -0.855. The van der Waals surface area contributed by atoms with E-state index in [2.05, 4.69) is 5.32 Å². The maximum absolute atomic E-state index is 12.3. The van der Waals surface area contributed by atoms with Crippen LogP contribution in [-0.4, -0.2) is 46.6 Å². The molecule has 0 aromatic rings. The first-order valence-electron chi connectivity index (χ1n) is 6.87. The van der Waals surface area contributed by atoms with Crippen molar-refractivity contribution in [3.8, 4) is 0 Å². The zero-order valence-electron chi connectivity index (χ0n) is 10.9. The number of hydrogen-bond donors (Lipinski definition) is 2. The minimum absolute atomic E-state index is 0.00356. The minimum atomic E-state index is -0.949. The van der Waals surface area contributed by atoms with Gasteiger partial charge in [0.1, 0.15) is 5.54 Å². The number of nitrogens with one attached hydrogen (secondary N) is 1. The Morgan fingerprint density at radius 1 is 1.44 bits per heavy atom. The summed E-state index contributed by atoms with van der Waals surface area (Å²) in [6.07, 6.45) is 4.44. The molecule has 2 unspecified atom stereocenters. The van der Waals surface area contributed by atoms with E-state index >= 15 is 0 Å². The van der Waals surface area contributed by atoms with Gasteiger partial charge >= 0.3 is 5.97 Å². The highest BCUT2D eigenvalue weighted by atomic mass is 16.4. The van der Waals surface area contributed by atoms with E-state index < -0.39 is 11.5 Å². The van der Waals surface area contributed by atoms with E-state index in [0.717, 1.165) is 25.8 Å². The molecule has 102 valence electrons. The lowest BCUT2D eigenvalue weighted by molar-refractivity contribution is -0.157. The highest BCUT2D eigenvalue weighted by molar-refractivity contribution is 5.88. The number of carbonyl (C=O) groups excluding carboxylic acids is 1. The van der Waals surface area contributed by atoms with Crippen LogP contribution in [0.3, 0.4) is 0 Å². The number of nitrogens with zero attached hydrogens (tertiary/aromatic N) is 1. The number of carboxylic acids is 1. The summed E-state index contributed by atoms with van der Waals surface area (Å²) in [5, 5.41) is 12.7. The fraction of sp³-hybridized carbons (Fsp3) is 0.846. The molecule has 5 nitrogen and oxygen atoms in total. The summed E-state index contributed by atoms with van der Waals surface area (Å²) < 4.78 is 0. The van der Waals surface area contributed by atoms with Crippen LogP contribution in [0.1, 0.15) is 45.4 Å². The van der Waals surface area contributed by atoms with Gasteiger partial charge in [0.15, 0.2) is 0 Å². The molecule has 2 saturated heterocycles. The first-order valence-corrected chi connectivity index (χ1v) is 6.87. The van der Waals surface area contributed by atoms with Crippen molar-refractivity contribution >= 4 is 11.9 Å². The van der Waals surface area contributed by atoms with Crippen molar-refractivity contribution in [2.24, 2.45) is 0 Å². The SMILES string of the molecule is CCC1(C(=O)O)CCCN1C(=O)CC1CCCN1. The normalized spacial score (nSPS) is 31.8. The van der Waals surface area contributed by atoms with Gasteiger partial charge < -0.3 is 15.3 Å². The first kappa shape index (κ1) is 13.3. The number of rotatable bonds is 4. The van der Waals surface area contributed by atoms with Gasteiger partial charge in [-0.3, -0.25) is 4.79 Å². The van der Waals surface area contributed by atoms with Crippen LogP contribution in [0.2, 0.25) is 0 Å². The standard InChI is InChI=1S/C13H22N2O3/c1-2-13(12(17)18)6-4-8-15(13)11(16)9-10-5-3-7-14-10/h10,14H,2-9H2,1H3,(H,17,18). The minimum Gasteiger partial charge on any atom is -0.479 e. The fourth-order valence-corrected chi connectivity index (χ4v) is 3.24. The summed E-state index contributed by atoms with van der Waals surface area (Å²) >= 11 is 0. The molecule has 2 rings (SSSR count). The van der Waals surface area contributed by atoms with E-state index in [9.17, 15) is 14.7 Å². The molecular formula is C13H22N2O3. The van der Waals surface area contributed by atoms with Gasteiger partial charge in [0.05, 0.1) is 0 Å². The van der Waals surface area contributed by atoms with Gasteiger partial charge in [-0.1, -0.05) is 6.92 Å². The highest BCUT2D eigenvalue weighted by Crippen LogP contribution is 2.33. The third-order valence-electron chi connectivity index (χ3n) is 4.36. The molecule has 0 aliphatic carbocycles. The number of amides is 1. The highest BCUT2D eigenvalue weighted by Gasteiger charge is 2.48. The van der Waals surface area contributed by atoms with Gasteiger partial charge in [-0.2, -0.15) is 0 Å². The van der Waals surface area contributed by atoms with Gasteiger partial charge in [0.25, 0.3) is 0 Å². The van der Waals surface area contributed by atoms with Crippen LogP contribution in [0.15, 0.2) is 0 Å². The van der Waals surface area contributed by atoms with E-state index in [-0.39, 0.29) is 11.9 Å². The van der Waals surface area contributed by atoms with Gasteiger partial charge in [-0.15, -0.1) is 0 Å². The predicted molar refractivity (Wildman–Crippen MR) is 67.2 cm³/mol. The summed E-state index contributed by atoms with van der Waals surface area (Å²) in [5.41, 5.74) is -0.949. The van der Waals surface area contributed by atoms with Crippen molar-refractivity contribution in [2.75, 3.05) is 13.1 Å². The Kier molecular flexibility index (Phi) is 3.90. The van der Waals surface area contributed by atoms with E-state index in [4.69, 9.17) is 0 Å². The number of hydrogen-bond acceptors (Lipinski definition) is 3. The van der Waals surface area contributed by atoms with Gasteiger partial charge in [-0.05, 0) is 38.6 Å². The molecule has 0 saturated carbocycles. The lowest BCUT2D eigenvalue weighted by Crippen LogP contribution is -2.53. The molecule has 5 heteroatoms. The van der Waals surface area contributed by atoms with Crippen molar-refractivity contribution in [3.63, 3.8) is 0 Å². The van der Waals surface area contributed by atoms with Crippen LogP contribution in [0.5, 0.6) is 0 Å². The number of likely N-dealkylation sites (tertiary alicyclic amines) is 1. The molecule has 18 heavy (non-hydrogen) atoms. The van der Waals surface area contributed by atoms with E-state index in [0.29, 0.717) is 25.8 Å². The molecule has 2 aliphatic rings. The van der Waals surface area contributed by atoms with Crippen LogP contribution in [0.25, 0.3) is 0 Å². The second-order valence-corrected chi connectivity index (χ2v) is 5.34. The Morgan fingerprint density at radius 3 is 2.78 bits per heavy atom. The average Bonchev–Trinajstić information content (AvgIpc) is 2.96. The molecule has 1 amide bonds. The second kappa shape index (κ2) is 5.26. The van der Waals surface area contributed by atoms with Crippen molar-refractivity contribution in [3.05, 3.63) is 0 Å². The molecule has 0 spiro atoms. The smallest absolute Gasteiger partial charge is 0.329 e. The summed E-state index contributed by atoms with van der Waals surface area (Å²) in [6, 6.07) is 0.237. The molecule has 0 aromatic heterocycles. The van der Waals surface area contributed by atoms with Crippen molar-refractivity contribution < 1.29 is 14.7 Å². The average molecular weight is 254 g/mol. The zero-order valence-corrected chi connectivity index (χ0v) is 10.9. The number of carbonyl (C=O) groups is 2. The molecule has 2 heterocycles.